The van der Waals surface area contributed by atoms with Crippen LogP contribution in [-0.4, -0.2) is 71.9 Å². The number of carbonyl (C=O) groups is 1. The SMILES string of the molecule is CCCn1nc(C(=O)N2CCN(C)CC2)c2c1CCC(NCc1ccccc1OC)C2. The summed E-state index contributed by atoms with van der Waals surface area (Å²) in [4.78, 5) is 17.6. The highest BCUT2D eigenvalue weighted by Crippen LogP contribution is 2.27. The molecular weight excluding hydrogens is 390 g/mol. The normalized spacial score (nSPS) is 19.3. The van der Waals surface area contributed by atoms with E-state index in [1.165, 1.54) is 5.69 Å². The van der Waals surface area contributed by atoms with E-state index in [4.69, 9.17) is 9.84 Å². The number of nitrogens with one attached hydrogen (secondary N) is 1. The molecule has 168 valence electrons. The quantitative estimate of drug-likeness (QED) is 0.738. The van der Waals surface area contributed by atoms with Crippen LogP contribution in [0.25, 0.3) is 0 Å². The minimum absolute atomic E-state index is 0.101. The number of aryl methyl sites for hydroxylation is 1. The number of amides is 1. The number of likely N-dealkylation sites (N-methyl/N-ethyl adjacent to an activating group) is 1. The van der Waals surface area contributed by atoms with E-state index in [-0.39, 0.29) is 5.91 Å². The van der Waals surface area contributed by atoms with Crippen molar-refractivity contribution in [2.24, 2.45) is 0 Å². The van der Waals surface area contributed by atoms with Gasteiger partial charge in [-0.05, 0) is 38.8 Å². The number of para-hydroxylation sites is 1. The molecule has 1 aliphatic carbocycles. The van der Waals surface area contributed by atoms with Gasteiger partial charge < -0.3 is 19.9 Å². The Bertz CT molecular complexity index is 901. The molecule has 1 aliphatic heterocycles. The van der Waals surface area contributed by atoms with Crippen molar-refractivity contribution in [3.05, 3.63) is 46.8 Å². The number of methoxy groups -OCH3 is 1. The first kappa shape index (κ1) is 21.8. The van der Waals surface area contributed by atoms with Crippen molar-refractivity contribution in [3.8, 4) is 5.75 Å². The number of fused-ring (bicyclic) bond motifs is 1. The lowest BCUT2D eigenvalue weighted by Crippen LogP contribution is -2.47. The minimum Gasteiger partial charge on any atom is -0.496 e. The van der Waals surface area contributed by atoms with E-state index in [1.807, 2.05) is 23.1 Å². The van der Waals surface area contributed by atoms with E-state index in [0.29, 0.717) is 11.7 Å². The molecule has 4 rings (SSSR count). The zero-order valence-corrected chi connectivity index (χ0v) is 19.1. The maximum atomic E-state index is 13.4. The fourth-order valence-electron chi connectivity index (χ4n) is 4.69. The largest absolute Gasteiger partial charge is 0.496 e. The van der Waals surface area contributed by atoms with E-state index in [1.54, 1.807) is 7.11 Å². The van der Waals surface area contributed by atoms with Crippen LogP contribution in [0.5, 0.6) is 5.75 Å². The summed E-state index contributed by atoms with van der Waals surface area (Å²) >= 11 is 0. The minimum atomic E-state index is 0.101. The zero-order chi connectivity index (χ0) is 21.8. The number of carbonyl (C=O) groups excluding carboxylic acids is 1. The van der Waals surface area contributed by atoms with Crippen LogP contribution in [-0.2, 0) is 25.9 Å². The molecule has 1 aromatic carbocycles. The lowest BCUT2D eigenvalue weighted by Gasteiger charge is -2.32. The van der Waals surface area contributed by atoms with Gasteiger partial charge in [0.25, 0.3) is 5.91 Å². The van der Waals surface area contributed by atoms with E-state index in [2.05, 4.69) is 34.9 Å². The Hall–Kier alpha value is -2.38. The highest BCUT2D eigenvalue weighted by molar-refractivity contribution is 5.94. The van der Waals surface area contributed by atoms with Crippen LogP contribution in [0.3, 0.4) is 0 Å². The van der Waals surface area contributed by atoms with Gasteiger partial charge in [0.15, 0.2) is 5.69 Å². The van der Waals surface area contributed by atoms with Crippen molar-refractivity contribution in [3.63, 3.8) is 0 Å². The molecule has 2 heterocycles. The Morgan fingerprint density at radius 3 is 2.74 bits per heavy atom. The number of nitrogens with zero attached hydrogens (tertiary/aromatic N) is 4. The van der Waals surface area contributed by atoms with Crippen LogP contribution in [0.4, 0.5) is 0 Å². The molecule has 0 radical (unpaired) electrons. The topological polar surface area (TPSA) is 62.6 Å². The van der Waals surface area contributed by atoms with E-state index >= 15 is 0 Å². The van der Waals surface area contributed by atoms with Crippen molar-refractivity contribution in [2.45, 2.75) is 51.7 Å². The van der Waals surface area contributed by atoms with Crippen LogP contribution >= 0.6 is 0 Å². The number of ether oxygens (including phenoxy) is 1. The Labute approximate surface area is 185 Å². The Morgan fingerprint density at radius 1 is 1.23 bits per heavy atom. The number of aromatic nitrogens is 2. The molecule has 1 amide bonds. The molecule has 0 saturated carbocycles. The van der Waals surface area contributed by atoms with E-state index < -0.39 is 0 Å². The molecule has 31 heavy (non-hydrogen) atoms. The van der Waals surface area contributed by atoms with Crippen LogP contribution in [0, 0.1) is 0 Å². The number of benzene rings is 1. The highest BCUT2D eigenvalue weighted by atomic mass is 16.5. The summed E-state index contributed by atoms with van der Waals surface area (Å²) in [6, 6.07) is 8.46. The summed E-state index contributed by atoms with van der Waals surface area (Å²) in [5.41, 5.74) is 4.25. The smallest absolute Gasteiger partial charge is 0.274 e. The van der Waals surface area contributed by atoms with Crippen LogP contribution in [0.1, 0.15) is 47.1 Å². The number of rotatable bonds is 7. The van der Waals surface area contributed by atoms with Gasteiger partial charge in [-0.1, -0.05) is 25.1 Å². The maximum Gasteiger partial charge on any atom is 0.274 e. The van der Waals surface area contributed by atoms with Gasteiger partial charge in [0.2, 0.25) is 0 Å². The Balaban J connectivity index is 1.50. The fourth-order valence-corrected chi connectivity index (χ4v) is 4.69. The molecule has 2 aromatic rings. The Kier molecular flexibility index (Phi) is 6.92. The van der Waals surface area contributed by atoms with Crippen LogP contribution < -0.4 is 10.1 Å². The van der Waals surface area contributed by atoms with Gasteiger partial charge in [0.1, 0.15) is 5.75 Å². The van der Waals surface area contributed by atoms with Gasteiger partial charge in [0, 0.05) is 62.1 Å². The van der Waals surface area contributed by atoms with Crippen molar-refractivity contribution >= 4 is 5.91 Å². The van der Waals surface area contributed by atoms with Crippen LogP contribution in [0.15, 0.2) is 24.3 Å². The first-order chi connectivity index (χ1) is 15.1. The zero-order valence-electron chi connectivity index (χ0n) is 19.1. The van der Waals surface area contributed by atoms with Crippen LogP contribution in [0.2, 0.25) is 0 Å². The van der Waals surface area contributed by atoms with Crippen molar-refractivity contribution in [2.75, 3.05) is 40.3 Å². The molecule has 7 heteroatoms. The molecular formula is C24H35N5O2. The van der Waals surface area contributed by atoms with Gasteiger partial charge in [0.05, 0.1) is 7.11 Å². The number of hydrogen-bond donors (Lipinski definition) is 1. The van der Waals surface area contributed by atoms with Gasteiger partial charge >= 0.3 is 0 Å². The predicted octanol–water partition coefficient (Wildman–Crippen LogP) is 2.34. The lowest BCUT2D eigenvalue weighted by atomic mass is 9.90. The highest BCUT2D eigenvalue weighted by Gasteiger charge is 2.31. The summed E-state index contributed by atoms with van der Waals surface area (Å²) < 4.78 is 7.58. The molecule has 2 aliphatic rings. The molecule has 1 fully saturated rings. The second-order valence-corrected chi connectivity index (χ2v) is 8.72. The van der Waals surface area contributed by atoms with Gasteiger partial charge in [-0.15, -0.1) is 0 Å². The van der Waals surface area contributed by atoms with Gasteiger partial charge in [-0.3, -0.25) is 9.48 Å². The first-order valence-electron chi connectivity index (χ1n) is 11.5. The number of piperazine rings is 1. The average molecular weight is 426 g/mol. The first-order valence-corrected chi connectivity index (χ1v) is 11.5. The van der Waals surface area contributed by atoms with Gasteiger partial charge in [-0.2, -0.15) is 5.10 Å². The lowest BCUT2D eigenvalue weighted by molar-refractivity contribution is 0.0656. The van der Waals surface area contributed by atoms with E-state index in [0.717, 1.165) is 81.8 Å². The molecule has 0 spiro atoms. The standard InChI is InChI=1S/C24H35N5O2/c1-4-11-29-21-10-9-19(25-17-18-7-5-6-8-22(18)31-3)16-20(21)23(26-29)24(30)28-14-12-27(2)13-15-28/h5-8,19,25H,4,9-17H2,1-3H3. The second-order valence-electron chi connectivity index (χ2n) is 8.72. The third-order valence-electron chi connectivity index (χ3n) is 6.55. The molecule has 1 aromatic heterocycles. The molecule has 1 atom stereocenters. The summed E-state index contributed by atoms with van der Waals surface area (Å²) in [5, 5.41) is 8.52. The number of hydrogen-bond acceptors (Lipinski definition) is 5. The van der Waals surface area contributed by atoms with E-state index in [9.17, 15) is 4.79 Å². The third kappa shape index (κ3) is 4.77. The monoisotopic (exact) mass is 425 g/mol. The van der Waals surface area contributed by atoms with Crippen molar-refractivity contribution in [1.82, 2.24) is 24.9 Å². The second kappa shape index (κ2) is 9.83. The average Bonchev–Trinajstić information content (AvgIpc) is 3.16. The Morgan fingerprint density at radius 2 is 2.00 bits per heavy atom. The molecule has 0 bridgehead atoms. The van der Waals surface area contributed by atoms with Crippen molar-refractivity contribution < 1.29 is 9.53 Å². The molecule has 7 nitrogen and oxygen atoms in total. The summed E-state index contributed by atoms with van der Waals surface area (Å²) in [6.45, 7) is 7.20. The van der Waals surface area contributed by atoms with Crippen molar-refractivity contribution in [1.29, 1.82) is 0 Å². The summed E-state index contributed by atoms with van der Waals surface area (Å²) in [6.07, 6.45) is 3.89. The predicted molar refractivity (Wildman–Crippen MR) is 122 cm³/mol. The fraction of sp³-hybridized carbons (Fsp3) is 0.583. The molecule has 1 saturated heterocycles. The third-order valence-corrected chi connectivity index (χ3v) is 6.55. The summed E-state index contributed by atoms with van der Waals surface area (Å²) in [5.74, 6) is 1.01. The molecule has 1 N–H and O–H groups in total. The maximum absolute atomic E-state index is 13.4. The molecule has 1 unspecified atom stereocenters. The van der Waals surface area contributed by atoms with Gasteiger partial charge in [-0.25, -0.2) is 0 Å². The summed E-state index contributed by atoms with van der Waals surface area (Å²) in [7, 11) is 3.82.